The van der Waals surface area contributed by atoms with Crippen LogP contribution in [0.2, 0.25) is 0 Å². The number of nitrogens with two attached hydrogens (primary N) is 1. The summed E-state index contributed by atoms with van der Waals surface area (Å²) in [6.45, 7) is 2.11. The van der Waals surface area contributed by atoms with E-state index in [1.54, 1.807) is 6.20 Å². The van der Waals surface area contributed by atoms with Crippen LogP contribution in [0.3, 0.4) is 0 Å². The SMILES string of the molecule is CCc1c[nH]c2nccc(NN)c12. The molecule has 4 N–H and O–H groups in total. The molecule has 2 rings (SSSR count). The lowest BCUT2D eigenvalue weighted by Crippen LogP contribution is -2.07. The lowest BCUT2D eigenvalue weighted by Gasteiger charge is -2.02. The van der Waals surface area contributed by atoms with Gasteiger partial charge >= 0.3 is 0 Å². The van der Waals surface area contributed by atoms with Gasteiger partial charge in [0.1, 0.15) is 5.65 Å². The van der Waals surface area contributed by atoms with Crippen molar-refractivity contribution in [3.05, 3.63) is 24.0 Å². The van der Waals surface area contributed by atoms with Crippen molar-refractivity contribution >= 4 is 16.7 Å². The van der Waals surface area contributed by atoms with Crippen LogP contribution < -0.4 is 11.3 Å². The van der Waals surface area contributed by atoms with Crippen molar-refractivity contribution in [1.82, 2.24) is 9.97 Å². The molecule has 0 aliphatic carbocycles. The van der Waals surface area contributed by atoms with Crippen LogP contribution in [0.4, 0.5) is 5.69 Å². The number of fused-ring (bicyclic) bond motifs is 1. The lowest BCUT2D eigenvalue weighted by atomic mass is 10.1. The van der Waals surface area contributed by atoms with Gasteiger partial charge in [0.25, 0.3) is 0 Å². The fourth-order valence-corrected chi connectivity index (χ4v) is 1.52. The fraction of sp³-hybridized carbons (Fsp3) is 0.222. The quantitative estimate of drug-likeness (QED) is 0.478. The summed E-state index contributed by atoms with van der Waals surface area (Å²) in [6.07, 6.45) is 4.67. The molecule has 2 aromatic heterocycles. The van der Waals surface area contributed by atoms with Gasteiger partial charge < -0.3 is 10.4 Å². The summed E-state index contributed by atoms with van der Waals surface area (Å²) in [6, 6.07) is 1.87. The van der Waals surface area contributed by atoms with Crippen molar-refractivity contribution < 1.29 is 0 Å². The largest absolute Gasteiger partial charge is 0.346 e. The highest BCUT2D eigenvalue weighted by molar-refractivity contribution is 5.92. The van der Waals surface area contributed by atoms with E-state index in [1.807, 2.05) is 12.3 Å². The number of hydrogen-bond acceptors (Lipinski definition) is 3. The van der Waals surface area contributed by atoms with Crippen LogP contribution >= 0.6 is 0 Å². The van der Waals surface area contributed by atoms with Gasteiger partial charge in [0.05, 0.1) is 5.69 Å². The van der Waals surface area contributed by atoms with Crippen molar-refractivity contribution in [1.29, 1.82) is 0 Å². The van der Waals surface area contributed by atoms with E-state index in [2.05, 4.69) is 22.3 Å². The maximum Gasteiger partial charge on any atom is 0.139 e. The van der Waals surface area contributed by atoms with Crippen LogP contribution in [-0.2, 0) is 6.42 Å². The van der Waals surface area contributed by atoms with Crippen LogP contribution in [0, 0.1) is 0 Å². The van der Waals surface area contributed by atoms with E-state index >= 15 is 0 Å². The number of anilines is 1. The van der Waals surface area contributed by atoms with Gasteiger partial charge in [-0.3, -0.25) is 5.84 Å². The molecule has 2 heterocycles. The Balaban J connectivity index is 2.76. The molecule has 0 aliphatic heterocycles. The summed E-state index contributed by atoms with van der Waals surface area (Å²) in [5, 5.41) is 1.09. The molecule has 0 atom stereocenters. The monoisotopic (exact) mass is 176 g/mol. The Hall–Kier alpha value is -1.55. The van der Waals surface area contributed by atoms with Crippen molar-refractivity contribution in [3.63, 3.8) is 0 Å². The second kappa shape index (κ2) is 3.06. The van der Waals surface area contributed by atoms with Gasteiger partial charge in [-0.15, -0.1) is 0 Å². The van der Waals surface area contributed by atoms with Crippen LogP contribution in [0.5, 0.6) is 0 Å². The molecule has 0 spiro atoms. The highest BCUT2D eigenvalue weighted by Crippen LogP contribution is 2.24. The van der Waals surface area contributed by atoms with Gasteiger partial charge in [0.2, 0.25) is 0 Å². The second-order valence-electron chi connectivity index (χ2n) is 2.89. The molecule has 4 heteroatoms. The molecule has 0 fully saturated rings. The maximum atomic E-state index is 5.41. The standard InChI is InChI=1S/C9H12N4/c1-2-6-5-12-9-8(6)7(13-10)3-4-11-9/h3-5H,2,10H2,1H3,(H2,11,12,13). The van der Waals surface area contributed by atoms with Crippen LogP contribution in [-0.4, -0.2) is 9.97 Å². The van der Waals surface area contributed by atoms with Gasteiger partial charge in [-0.25, -0.2) is 4.98 Å². The van der Waals surface area contributed by atoms with E-state index < -0.39 is 0 Å². The first-order valence-electron chi connectivity index (χ1n) is 4.28. The number of rotatable bonds is 2. The van der Waals surface area contributed by atoms with Crippen molar-refractivity contribution in [3.8, 4) is 0 Å². The van der Waals surface area contributed by atoms with E-state index in [0.717, 1.165) is 23.1 Å². The predicted molar refractivity (Wildman–Crippen MR) is 53.3 cm³/mol. The number of aryl methyl sites for hydroxylation is 1. The number of hydrazine groups is 1. The first-order valence-corrected chi connectivity index (χ1v) is 4.28. The number of H-pyrrole nitrogens is 1. The highest BCUT2D eigenvalue weighted by atomic mass is 15.2. The third kappa shape index (κ3) is 1.15. The van der Waals surface area contributed by atoms with E-state index in [0.29, 0.717) is 0 Å². The number of aromatic nitrogens is 2. The van der Waals surface area contributed by atoms with Crippen molar-refractivity contribution in [2.45, 2.75) is 13.3 Å². The third-order valence-corrected chi connectivity index (χ3v) is 2.19. The second-order valence-corrected chi connectivity index (χ2v) is 2.89. The van der Waals surface area contributed by atoms with Crippen molar-refractivity contribution in [2.24, 2.45) is 5.84 Å². The summed E-state index contributed by atoms with van der Waals surface area (Å²) < 4.78 is 0. The summed E-state index contributed by atoms with van der Waals surface area (Å²) in [4.78, 5) is 7.31. The minimum absolute atomic E-state index is 0.882. The molecule has 0 bridgehead atoms. The zero-order valence-corrected chi connectivity index (χ0v) is 7.46. The number of pyridine rings is 1. The summed E-state index contributed by atoms with van der Waals surface area (Å²) in [5.74, 6) is 5.41. The van der Waals surface area contributed by atoms with Gasteiger partial charge in [-0.05, 0) is 18.1 Å². The van der Waals surface area contributed by atoms with E-state index in [4.69, 9.17) is 5.84 Å². The number of nitrogens with one attached hydrogen (secondary N) is 2. The first-order chi connectivity index (χ1) is 6.36. The number of nitrogens with zero attached hydrogens (tertiary/aromatic N) is 1. The average Bonchev–Trinajstić information content (AvgIpc) is 2.60. The molecule has 0 aliphatic rings. The van der Waals surface area contributed by atoms with E-state index in [1.165, 1.54) is 5.56 Å². The Bertz CT molecular complexity index is 418. The molecule has 0 saturated carbocycles. The van der Waals surface area contributed by atoms with Gasteiger partial charge in [0.15, 0.2) is 0 Å². The Morgan fingerprint density at radius 2 is 2.46 bits per heavy atom. The molecule has 4 nitrogen and oxygen atoms in total. The Kier molecular flexibility index (Phi) is 1.90. The number of aromatic amines is 1. The smallest absolute Gasteiger partial charge is 0.139 e. The zero-order valence-electron chi connectivity index (χ0n) is 7.46. The minimum Gasteiger partial charge on any atom is -0.346 e. The van der Waals surface area contributed by atoms with Crippen LogP contribution in [0.1, 0.15) is 12.5 Å². The molecule has 0 amide bonds. The summed E-state index contributed by atoms with van der Waals surface area (Å²) in [5.41, 5.74) is 5.70. The molecule has 0 aromatic carbocycles. The fourth-order valence-electron chi connectivity index (χ4n) is 1.52. The lowest BCUT2D eigenvalue weighted by molar-refractivity contribution is 1.15. The topological polar surface area (TPSA) is 66.7 Å². The molecular formula is C9H12N4. The third-order valence-electron chi connectivity index (χ3n) is 2.19. The minimum atomic E-state index is 0.882. The Morgan fingerprint density at radius 1 is 1.62 bits per heavy atom. The Labute approximate surface area is 76.1 Å². The van der Waals surface area contributed by atoms with Crippen LogP contribution in [0.15, 0.2) is 18.5 Å². The first kappa shape index (κ1) is 8.07. The molecular weight excluding hydrogens is 164 g/mol. The van der Waals surface area contributed by atoms with Crippen molar-refractivity contribution in [2.75, 3.05) is 5.43 Å². The number of hydrogen-bond donors (Lipinski definition) is 3. The van der Waals surface area contributed by atoms with Gasteiger partial charge in [-0.1, -0.05) is 6.92 Å². The summed E-state index contributed by atoms with van der Waals surface area (Å²) in [7, 11) is 0. The summed E-state index contributed by atoms with van der Waals surface area (Å²) >= 11 is 0. The molecule has 68 valence electrons. The number of nitrogen functional groups attached to an aromatic ring is 1. The Morgan fingerprint density at radius 3 is 3.15 bits per heavy atom. The molecule has 0 radical (unpaired) electrons. The average molecular weight is 176 g/mol. The highest BCUT2D eigenvalue weighted by Gasteiger charge is 2.06. The molecule has 13 heavy (non-hydrogen) atoms. The van der Waals surface area contributed by atoms with Gasteiger partial charge in [-0.2, -0.15) is 0 Å². The zero-order chi connectivity index (χ0) is 9.26. The van der Waals surface area contributed by atoms with E-state index in [-0.39, 0.29) is 0 Å². The van der Waals surface area contributed by atoms with Gasteiger partial charge in [0, 0.05) is 17.8 Å². The maximum absolute atomic E-state index is 5.41. The normalized spacial score (nSPS) is 10.6. The molecule has 2 aromatic rings. The van der Waals surface area contributed by atoms with E-state index in [9.17, 15) is 0 Å². The molecule has 0 saturated heterocycles. The predicted octanol–water partition coefficient (Wildman–Crippen LogP) is 1.41. The van der Waals surface area contributed by atoms with Crippen LogP contribution in [0.25, 0.3) is 11.0 Å². The molecule has 0 unspecified atom stereocenters.